The number of carbonyl (C=O) groups is 1. The average Bonchev–Trinajstić information content (AvgIpc) is 3.36. The molecule has 1 aliphatic carbocycles. The molecule has 0 radical (unpaired) electrons. The number of rotatable bonds is 7. The molecule has 1 aliphatic heterocycles. The van der Waals surface area contributed by atoms with E-state index in [0.29, 0.717) is 18.6 Å². The first-order valence-corrected chi connectivity index (χ1v) is 11.4. The number of hydrogen-bond acceptors (Lipinski definition) is 7. The number of nitrogens with one attached hydrogen (secondary N) is 3. The van der Waals surface area contributed by atoms with Gasteiger partial charge in [0.15, 0.2) is 0 Å². The number of aliphatic imine (C=N–C) groups is 1. The summed E-state index contributed by atoms with van der Waals surface area (Å²) in [6.45, 7) is 1.92. The van der Waals surface area contributed by atoms with Gasteiger partial charge in [-0.3, -0.25) is 9.20 Å². The SMILES string of the molecule is COCc1cn2c(/N=C3\CC(C4CC4)NN3)nc(Sc3ccc(NC(C)=O)cc3)cc2n1. The van der Waals surface area contributed by atoms with Gasteiger partial charge >= 0.3 is 0 Å². The lowest BCUT2D eigenvalue weighted by atomic mass is 10.1. The zero-order valence-corrected chi connectivity index (χ0v) is 18.8. The van der Waals surface area contributed by atoms with Crippen molar-refractivity contribution in [1.29, 1.82) is 0 Å². The van der Waals surface area contributed by atoms with E-state index in [9.17, 15) is 4.79 Å². The number of amidine groups is 1. The minimum absolute atomic E-state index is 0.0913. The Morgan fingerprint density at radius 2 is 2.12 bits per heavy atom. The van der Waals surface area contributed by atoms with Gasteiger partial charge in [0.1, 0.15) is 16.5 Å². The Hall–Kier alpha value is -2.95. The maximum absolute atomic E-state index is 11.2. The molecule has 0 spiro atoms. The molecule has 32 heavy (non-hydrogen) atoms. The molecule has 1 amide bonds. The van der Waals surface area contributed by atoms with Crippen molar-refractivity contribution in [2.24, 2.45) is 10.9 Å². The van der Waals surface area contributed by atoms with E-state index in [1.54, 1.807) is 7.11 Å². The largest absolute Gasteiger partial charge is 0.378 e. The van der Waals surface area contributed by atoms with Crippen molar-refractivity contribution in [2.75, 3.05) is 12.4 Å². The van der Waals surface area contributed by atoms with E-state index in [2.05, 4.69) is 21.2 Å². The second-order valence-electron chi connectivity index (χ2n) is 8.07. The zero-order chi connectivity index (χ0) is 22.1. The molecule has 10 heteroatoms. The second-order valence-corrected chi connectivity index (χ2v) is 9.17. The number of hydrogen-bond donors (Lipinski definition) is 3. The van der Waals surface area contributed by atoms with Crippen LogP contribution in [-0.2, 0) is 16.1 Å². The fraction of sp³-hybridized carbons (Fsp3) is 0.364. The number of benzene rings is 1. The van der Waals surface area contributed by atoms with Crippen LogP contribution in [0.25, 0.3) is 5.65 Å². The normalized spacial score (nSPS) is 19.4. The molecular weight excluding hydrogens is 426 g/mol. The van der Waals surface area contributed by atoms with Crippen LogP contribution < -0.4 is 16.2 Å². The molecule has 5 rings (SSSR count). The summed E-state index contributed by atoms with van der Waals surface area (Å²) in [5, 5.41) is 3.58. The Morgan fingerprint density at radius 3 is 2.84 bits per heavy atom. The number of methoxy groups -OCH3 is 1. The molecule has 1 saturated heterocycles. The number of carbonyl (C=O) groups excluding carboxylic acids is 1. The highest BCUT2D eigenvalue weighted by Gasteiger charge is 2.35. The lowest BCUT2D eigenvalue weighted by molar-refractivity contribution is -0.114. The first kappa shape index (κ1) is 20.9. The first-order valence-electron chi connectivity index (χ1n) is 10.6. The fourth-order valence-electron chi connectivity index (χ4n) is 3.74. The number of hydrazine groups is 1. The molecule has 0 bridgehead atoms. The fourth-order valence-corrected chi connectivity index (χ4v) is 4.55. The van der Waals surface area contributed by atoms with Gasteiger partial charge in [-0.25, -0.2) is 15.4 Å². The van der Waals surface area contributed by atoms with Crippen LogP contribution in [0.5, 0.6) is 0 Å². The quantitative estimate of drug-likeness (QED) is 0.474. The highest BCUT2D eigenvalue weighted by Crippen LogP contribution is 2.35. The van der Waals surface area contributed by atoms with Gasteiger partial charge in [0.05, 0.1) is 12.3 Å². The Morgan fingerprint density at radius 1 is 1.31 bits per heavy atom. The summed E-state index contributed by atoms with van der Waals surface area (Å²) in [4.78, 5) is 26.5. The monoisotopic (exact) mass is 451 g/mol. The number of ether oxygens (including phenoxy) is 1. The average molecular weight is 452 g/mol. The third-order valence-electron chi connectivity index (χ3n) is 5.39. The van der Waals surface area contributed by atoms with Gasteiger partial charge in [0, 0.05) is 49.3 Å². The molecule has 2 aliphatic rings. The molecule has 1 atom stereocenters. The van der Waals surface area contributed by atoms with Crippen LogP contribution in [0.4, 0.5) is 11.6 Å². The summed E-state index contributed by atoms with van der Waals surface area (Å²) in [6, 6.07) is 10.1. The van der Waals surface area contributed by atoms with Gasteiger partial charge in [0.2, 0.25) is 11.9 Å². The maximum atomic E-state index is 11.2. The van der Waals surface area contributed by atoms with Crippen molar-refractivity contribution in [3.05, 3.63) is 42.2 Å². The molecule has 3 aromatic rings. The number of imidazole rings is 1. The summed E-state index contributed by atoms with van der Waals surface area (Å²) < 4.78 is 7.15. The topological polar surface area (TPSA) is 105 Å². The van der Waals surface area contributed by atoms with Gasteiger partial charge in [-0.1, -0.05) is 11.8 Å². The van der Waals surface area contributed by atoms with Gasteiger partial charge < -0.3 is 15.5 Å². The highest BCUT2D eigenvalue weighted by molar-refractivity contribution is 7.99. The predicted octanol–water partition coefficient (Wildman–Crippen LogP) is 3.29. The standard InChI is InChI=1S/C22H25N7O2S/c1-13(30)23-15-5-7-17(8-6-15)32-21-10-20-24-16(12-31-2)11-29(20)22(26-21)25-19-9-18(27-28-19)14-3-4-14/h5-8,10-11,14,18,27H,3-4,9,12H2,1-2H3,(H,23,30)(H,25,26,28). The summed E-state index contributed by atoms with van der Waals surface area (Å²) in [7, 11) is 1.65. The van der Waals surface area contributed by atoms with Crippen LogP contribution in [0.1, 0.15) is 31.9 Å². The van der Waals surface area contributed by atoms with Crippen molar-refractivity contribution in [3.8, 4) is 0 Å². The number of amides is 1. The van der Waals surface area contributed by atoms with E-state index >= 15 is 0 Å². The Bertz CT molecular complexity index is 1170. The lowest BCUT2D eigenvalue weighted by Crippen LogP contribution is -2.32. The van der Waals surface area contributed by atoms with Crippen LogP contribution in [-0.4, -0.2) is 39.3 Å². The Kier molecular flexibility index (Phi) is 5.81. The van der Waals surface area contributed by atoms with Crippen molar-refractivity contribution < 1.29 is 9.53 Å². The molecule has 9 nitrogen and oxygen atoms in total. The number of aromatic nitrogens is 3. The number of fused-ring (bicyclic) bond motifs is 1. The molecule has 3 N–H and O–H groups in total. The van der Waals surface area contributed by atoms with Crippen LogP contribution in [0, 0.1) is 5.92 Å². The lowest BCUT2D eigenvalue weighted by Gasteiger charge is -2.07. The van der Waals surface area contributed by atoms with Crippen LogP contribution >= 0.6 is 11.8 Å². The van der Waals surface area contributed by atoms with E-state index < -0.39 is 0 Å². The van der Waals surface area contributed by atoms with E-state index in [4.69, 9.17) is 14.7 Å². The number of anilines is 1. The summed E-state index contributed by atoms with van der Waals surface area (Å²) >= 11 is 1.53. The first-order chi connectivity index (χ1) is 15.6. The van der Waals surface area contributed by atoms with E-state index in [1.807, 2.05) is 40.9 Å². The predicted molar refractivity (Wildman–Crippen MR) is 123 cm³/mol. The Balaban J connectivity index is 1.44. The van der Waals surface area contributed by atoms with Crippen molar-refractivity contribution in [3.63, 3.8) is 0 Å². The van der Waals surface area contributed by atoms with Crippen molar-refractivity contribution in [1.82, 2.24) is 25.2 Å². The van der Waals surface area contributed by atoms with E-state index in [-0.39, 0.29) is 5.91 Å². The third-order valence-corrected chi connectivity index (χ3v) is 6.32. The molecule has 166 valence electrons. The zero-order valence-electron chi connectivity index (χ0n) is 18.0. The molecule has 1 unspecified atom stereocenters. The Labute approximate surface area is 190 Å². The molecule has 3 heterocycles. The minimum Gasteiger partial charge on any atom is -0.378 e. The maximum Gasteiger partial charge on any atom is 0.238 e. The minimum atomic E-state index is -0.0913. The van der Waals surface area contributed by atoms with Crippen LogP contribution in [0.3, 0.4) is 0 Å². The van der Waals surface area contributed by atoms with Crippen LogP contribution in [0.2, 0.25) is 0 Å². The number of nitrogens with zero attached hydrogens (tertiary/aromatic N) is 4. The second kappa shape index (κ2) is 8.89. The molecule has 2 fully saturated rings. The molecule has 2 aromatic heterocycles. The van der Waals surface area contributed by atoms with Gasteiger partial charge in [0.25, 0.3) is 0 Å². The van der Waals surface area contributed by atoms with Crippen molar-refractivity contribution >= 4 is 40.8 Å². The van der Waals surface area contributed by atoms with E-state index in [1.165, 1.54) is 31.5 Å². The van der Waals surface area contributed by atoms with Crippen LogP contribution in [0.15, 0.2) is 51.4 Å². The van der Waals surface area contributed by atoms with E-state index in [0.717, 1.165) is 45.1 Å². The van der Waals surface area contributed by atoms with Gasteiger partial charge in [-0.2, -0.15) is 4.99 Å². The third kappa shape index (κ3) is 4.77. The summed E-state index contributed by atoms with van der Waals surface area (Å²) in [5.41, 5.74) is 8.93. The highest BCUT2D eigenvalue weighted by atomic mass is 32.2. The summed E-state index contributed by atoms with van der Waals surface area (Å²) in [6.07, 6.45) is 5.35. The van der Waals surface area contributed by atoms with Gasteiger partial charge in [-0.05, 0) is 43.0 Å². The smallest absolute Gasteiger partial charge is 0.238 e. The molecule has 1 aromatic carbocycles. The van der Waals surface area contributed by atoms with Crippen molar-refractivity contribution in [2.45, 2.75) is 48.8 Å². The van der Waals surface area contributed by atoms with Gasteiger partial charge in [-0.15, -0.1) is 0 Å². The molecular formula is C22H25N7O2S. The molecule has 1 saturated carbocycles. The summed E-state index contributed by atoms with van der Waals surface area (Å²) in [5.74, 6) is 2.12.